The van der Waals surface area contributed by atoms with Crippen LogP contribution in [-0.2, 0) is 4.74 Å². The average molecular weight is 224 g/mol. The third kappa shape index (κ3) is 2.86. The van der Waals surface area contributed by atoms with Crippen LogP contribution in [0, 0.1) is 17.8 Å². The van der Waals surface area contributed by atoms with Gasteiger partial charge in [-0.1, -0.05) is 18.6 Å². The molecule has 3 atom stereocenters. The second-order valence-corrected chi connectivity index (χ2v) is 5.63. The van der Waals surface area contributed by atoms with Crippen molar-refractivity contribution in [3.8, 4) is 0 Å². The highest BCUT2D eigenvalue weighted by Gasteiger charge is 2.31. The molecule has 1 heterocycles. The van der Waals surface area contributed by atoms with E-state index in [4.69, 9.17) is 4.74 Å². The van der Waals surface area contributed by atoms with Gasteiger partial charge in [0.15, 0.2) is 0 Å². The predicted molar refractivity (Wildman–Crippen MR) is 65.2 cm³/mol. The molecule has 0 aromatic carbocycles. The topological polar surface area (TPSA) is 29.5 Å². The van der Waals surface area contributed by atoms with E-state index in [0.717, 1.165) is 38.9 Å². The van der Waals surface area contributed by atoms with Crippen LogP contribution in [0.1, 0.15) is 39.5 Å². The summed E-state index contributed by atoms with van der Waals surface area (Å²) in [6.45, 7) is 6.11. The smallest absolute Gasteiger partial charge is 0.0601 e. The zero-order chi connectivity index (χ0) is 11.5. The van der Waals surface area contributed by atoms with Gasteiger partial charge in [-0.25, -0.2) is 0 Å². The van der Waals surface area contributed by atoms with Gasteiger partial charge in [0.2, 0.25) is 0 Å². The second-order valence-electron chi connectivity index (χ2n) is 5.63. The molecule has 2 heteroatoms. The van der Waals surface area contributed by atoms with Crippen molar-refractivity contribution in [2.24, 2.45) is 17.8 Å². The molecule has 92 valence electrons. The fourth-order valence-electron chi connectivity index (χ4n) is 3.30. The summed E-state index contributed by atoms with van der Waals surface area (Å²) in [4.78, 5) is 0. The molecule has 0 spiro atoms. The van der Waals surface area contributed by atoms with Crippen LogP contribution >= 0.6 is 0 Å². The number of rotatable bonds is 2. The first-order valence-electron chi connectivity index (χ1n) is 6.60. The molecular weight excluding hydrogens is 200 g/mol. The summed E-state index contributed by atoms with van der Waals surface area (Å²) in [5, 5.41) is 10.5. The van der Waals surface area contributed by atoms with Crippen LogP contribution in [0.3, 0.4) is 0 Å². The summed E-state index contributed by atoms with van der Waals surface area (Å²) < 4.78 is 5.36. The maximum absolute atomic E-state index is 10.5. The van der Waals surface area contributed by atoms with Crippen molar-refractivity contribution in [1.29, 1.82) is 0 Å². The van der Waals surface area contributed by atoms with Crippen molar-refractivity contribution in [3.63, 3.8) is 0 Å². The molecule has 1 fully saturated rings. The molecule has 1 N–H and O–H groups in total. The minimum atomic E-state index is -0.116. The molecule has 3 unspecified atom stereocenters. The van der Waals surface area contributed by atoms with Crippen LogP contribution in [0.25, 0.3) is 0 Å². The molecule has 1 saturated heterocycles. The van der Waals surface area contributed by atoms with E-state index in [1.54, 1.807) is 0 Å². The van der Waals surface area contributed by atoms with Crippen molar-refractivity contribution >= 4 is 0 Å². The zero-order valence-electron chi connectivity index (χ0n) is 10.5. The normalized spacial score (nSPS) is 34.6. The van der Waals surface area contributed by atoms with Gasteiger partial charge in [0.1, 0.15) is 0 Å². The van der Waals surface area contributed by atoms with Crippen LogP contribution in [0.4, 0.5) is 0 Å². The molecule has 0 amide bonds. The summed E-state index contributed by atoms with van der Waals surface area (Å²) in [5.41, 5.74) is 1.45. The standard InChI is InChI=1S/C14H24O2/c1-10-7-11(2)9-13(8-10)14(15)12-3-5-16-6-4-12/h7,10,12-15H,3-6,8-9H2,1-2H3. The minimum absolute atomic E-state index is 0.116. The van der Waals surface area contributed by atoms with Gasteiger partial charge >= 0.3 is 0 Å². The van der Waals surface area contributed by atoms with Gasteiger partial charge in [-0.05, 0) is 50.4 Å². The van der Waals surface area contributed by atoms with Crippen molar-refractivity contribution < 1.29 is 9.84 Å². The number of hydrogen-bond donors (Lipinski definition) is 1. The lowest BCUT2D eigenvalue weighted by molar-refractivity contribution is -0.0221. The summed E-state index contributed by atoms with van der Waals surface area (Å²) >= 11 is 0. The maximum atomic E-state index is 10.5. The summed E-state index contributed by atoms with van der Waals surface area (Å²) in [7, 11) is 0. The summed E-state index contributed by atoms with van der Waals surface area (Å²) in [6, 6.07) is 0. The summed E-state index contributed by atoms with van der Waals surface area (Å²) in [5.74, 6) is 1.58. The fraction of sp³-hybridized carbons (Fsp3) is 0.857. The van der Waals surface area contributed by atoms with Crippen molar-refractivity contribution in [1.82, 2.24) is 0 Å². The third-order valence-electron chi connectivity index (χ3n) is 4.06. The first-order chi connectivity index (χ1) is 7.66. The Kier molecular flexibility index (Phi) is 4.04. The molecule has 0 saturated carbocycles. The van der Waals surface area contributed by atoms with Gasteiger partial charge in [-0.3, -0.25) is 0 Å². The lowest BCUT2D eigenvalue weighted by Gasteiger charge is -2.35. The maximum Gasteiger partial charge on any atom is 0.0601 e. The van der Waals surface area contributed by atoms with Crippen molar-refractivity contribution in [3.05, 3.63) is 11.6 Å². The van der Waals surface area contributed by atoms with Crippen LogP contribution in [-0.4, -0.2) is 24.4 Å². The molecule has 2 nitrogen and oxygen atoms in total. The first-order valence-corrected chi connectivity index (χ1v) is 6.60. The highest BCUT2D eigenvalue weighted by atomic mass is 16.5. The molecule has 0 aromatic rings. The minimum Gasteiger partial charge on any atom is -0.393 e. The number of aliphatic hydroxyl groups is 1. The lowest BCUT2D eigenvalue weighted by Crippen LogP contribution is -2.35. The Morgan fingerprint density at radius 3 is 2.62 bits per heavy atom. The average Bonchev–Trinajstić information content (AvgIpc) is 2.28. The van der Waals surface area contributed by atoms with E-state index in [1.807, 2.05) is 0 Å². The molecule has 1 aliphatic heterocycles. The Hall–Kier alpha value is -0.340. The molecule has 16 heavy (non-hydrogen) atoms. The highest BCUT2D eigenvalue weighted by Crippen LogP contribution is 2.35. The van der Waals surface area contributed by atoms with Crippen LogP contribution in [0.5, 0.6) is 0 Å². The van der Waals surface area contributed by atoms with E-state index >= 15 is 0 Å². The molecule has 0 radical (unpaired) electrons. The zero-order valence-corrected chi connectivity index (χ0v) is 10.5. The first kappa shape index (κ1) is 12.1. The van der Waals surface area contributed by atoms with Gasteiger partial charge in [0.05, 0.1) is 6.10 Å². The van der Waals surface area contributed by atoms with Crippen LogP contribution in [0.2, 0.25) is 0 Å². The molecule has 2 rings (SSSR count). The molecule has 2 aliphatic rings. The number of allylic oxidation sites excluding steroid dienone is 2. The van der Waals surface area contributed by atoms with E-state index in [9.17, 15) is 5.11 Å². The molecule has 1 aliphatic carbocycles. The van der Waals surface area contributed by atoms with E-state index in [2.05, 4.69) is 19.9 Å². The van der Waals surface area contributed by atoms with Crippen LogP contribution < -0.4 is 0 Å². The molecule has 0 bridgehead atoms. The molecular formula is C14H24O2. The van der Waals surface area contributed by atoms with Gasteiger partial charge in [-0.15, -0.1) is 0 Å². The number of aliphatic hydroxyl groups excluding tert-OH is 1. The van der Waals surface area contributed by atoms with Gasteiger partial charge in [0, 0.05) is 13.2 Å². The van der Waals surface area contributed by atoms with Crippen molar-refractivity contribution in [2.45, 2.75) is 45.6 Å². The SMILES string of the molecule is CC1=CC(C)CC(C(O)C2CCOCC2)C1. The predicted octanol–water partition coefficient (Wildman–Crippen LogP) is 2.77. The Labute approximate surface area is 98.7 Å². The van der Waals surface area contributed by atoms with Gasteiger partial charge in [0.25, 0.3) is 0 Å². The van der Waals surface area contributed by atoms with Crippen molar-refractivity contribution in [2.75, 3.05) is 13.2 Å². The fourth-order valence-corrected chi connectivity index (χ4v) is 3.30. The monoisotopic (exact) mass is 224 g/mol. The van der Waals surface area contributed by atoms with E-state index in [0.29, 0.717) is 17.8 Å². The lowest BCUT2D eigenvalue weighted by atomic mass is 9.75. The number of hydrogen-bond acceptors (Lipinski definition) is 2. The summed E-state index contributed by atoms with van der Waals surface area (Å²) in [6.07, 6.45) is 6.55. The largest absolute Gasteiger partial charge is 0.393 e. The van der Waals surface area contributed by atoms with E-state index < -0.39 is 0 Å². The quantitative estimate of drug-likeness (QED) is 0.731. The van der Waals surface area contributed by atoms with Gasteiger partial charge in [-0.2, -0.15) is 0 Å². The van der Waals surface area contributed by atoms with Crippen LogP contribution in [0.15, 0.2) is 11.6 Å². The Bertz CT molecular complexity index is 253. The van der Waals surface area contributed by atoms with E-state index in [-0.39, 0.29) is 6.10 Å². The second kappa shape index (κ2) is 5.33. The third-order valence-corrected chi connectivity index (χ3v) is 4.06. The Morgan fingerprint density at radius 1 is 1.31 bits per heavy atom. The number of ether oxygens (including phenoxy) is 1. The van der Waals surface area contributed by atoms with Gasteiger partial charge < -0.3 is 9.84 Å². The molecule has 0 aromatic heterocycles. The van der Waals surface area contributed by atoms with E-state index in [1.165, 1.54) is 5.57 Å². The highest BCUT2D eigenvalue weighted by molar-refractivity contribution is 5.07. The Balaban J connectivity index is 1.93. The Morgan fingerprint density at radius 2 is 2.00 bits per heavy atom.